The molecule has 0 unspecified atom stereocenters. The van der Waals surface area contributed by atoms with Crippen LogP contribution in [0.15, 0.2) is 24.3 Å². The molecule has 1 atom stereocenters. The number of likely N-dealkylation sites (tertiary alicyclic amines) is 1. The van der Waals surface area contributed by atoms with Crippen molar-refractivity contribution in [1.82, 2.24) is 9.62 Å². The van der Waals surface area contributed by atoms with E-state index in [1.807, 2.05) is 24.3 Å². The van der Waals surface area contributed by atoms with Crippen LogP contribution < -0.4 is 9.46 Å². The largest absolute Gasteiger partial charge is 0.483 e. The number of carbonyl (C=O) groups excluding carboxylic acids is 1. The number of rotatable bonds is 7. The monoisotopic (exact) mass is 368 g/mol. The first-order chi connectivity index (χ1) is 11.8. The minimum atomic E-state index is -3.20. The van der Waals surface area contributed by atoms with Crippen molar-refractivity contribution in [2.24, 2.45) is 0 Å². The van der Waals surface area contributed by atoms with Crippen LogP contribution >= 0.6 is 0 Å². The lowest BCUT2D eigenvalue weighted by atomic mass is 9.98. The first-order valence-corrected chi connectivity index (χ1v) is 10.7. The first kappa shape index (κ1) is 19.7. The second kappa shape index (κ2) is 8.67. The molecule has 0 aromatic heterocycles. The summed E-state index contributed by atoms with van der Waals surface area (Å²) in [6, 6.07) is 7.74. The molecule has 1 heterocycles. The van der Waals surface area contributed by atoms with E-state index in [1.165, 1.54) is 0 Å². The standard InChI is InChI=1S/C18H28N2O4S/c1-4-14(2)16-7-5-6-8-17(16)24-13-18(21)20-11-9-15(10-12-20)19-25(3,22)23/h5-8,14-15,19H,4,9-13H2,1-3H3/t14-/m0/s1. The molecule has 1 N–H and O–H groups in total. The number of hydrogen-bond acceptors (Lipinski definition) is 4. The van der Waals surface area contributed by atoms with Crippen molar-refractivity contribution in [2.75, 3.05) is 26.0 Å². The van der Waals surface area contributed by atoms with Gasteiger partial charge >= 0.3 is 0 Å². The van der Waals surface area contributed by atoms with Crippen molar-refractivity contribution < 1.29 is 17.9 Å². The lowest BCUT2D eigenvalue weighted by Crippen LogP contribution is -2.47. The van der Waals surface area contributed by atoms with Crippen LogP contribution in [0.25, 0.3) is 0 Å². The highest BCUT2D eigenvalue weighted by atomic mass is 32.2. The number of hydrogen-bond donors (Lipinski definition) is 1. The smallest absolute Gasteiger partial charge is 0.260 e. The number of sulfonamides is 1. The molecule has 0 saturated carbocycles. The highest BCUT2D eigenvalue weighted by Gasteiger charge is 2.25. The molecule has 1 saturated heterocycles. The molecule has 1 aliphatic rings. The Morgan fingerprint density at radius 3 is 2.56 bits per heavy atom. The van der Waals surface area contributed by atoms with Crippen LogP contribution in [-0.2, 0) is 14.8 Å². The number of amides is 1. The average molecular weight is 368 g/mol. The minimum absolute atomic E-state index is 0.0115. The maximum atomic E-state index is 12.4. The summed E-state index contributed by atoms with van der Waals surface area (Å²) in [5.41, 5.74) is 1.12. The fraction of sp³-hybridized carbons (Fsp3) is 0.611. The van der Waals surface area contributed by atoms with Crippen molar-refractivity contribution in [3.05, 3.63) is 29.8 Å². The van der Waals surface area contributed by atoms with Gasteiger partial charge in [0.2, 0.25) is 10.0 Å². The number of para-hydroxylation sites is 1. The lowest BCUT2D eigenvalue weighted by Gasteiger charge is -2.32. The Labute approximate surface area is 150 Å². The summed E-state index contributed by atoms with van der Waals surface area (Å²) in [7, 11) is -3.20. The third kappa shape index (κ3) is 6.01. The fourth-order valence-corrected chi connectivity index (χ4v) is 3.86. The van der Waals surface area contributed by atoms with Crippen molar-refractivity contribution in [2.45, 2.75) is 45.1 Å². The molecule has 1 aromatic rings. The topological polar surface area (TPSA) is 75.7 Å². The zero-order valence-electron chi connectivity index (χ0n) is 15.2. The van der Waals surface area contributed by atoms with Gasteiger partial charge in [-0.05, 0) is 36.8 Å². The molecule has 0 spiro atoms. The third-order valence-corrected chi connectivity index (χ3v) is 5.40. The Hall–Kier alpha value is -1.60. The van der Waals surface area contributed by atoms with E-state index in [0.717, 1.165) is 24.0 Å². The molecule has 1 aromatic carbocycles. The summed E-state index contributed by atoms with van der Waals surface area (Å²) in [6.45, 7) is 5.37. The molecule has 6 nitrogen and oxygen atoms in total. The maximum Gasteiger partial charge on any atom is 0.260 e. The molecule has 1 fully saturated rings. The van der Waals surface area contributed by atoms with Gasteiger partial charge in [0.1, 0.15) is 5.75 Å². The van der Waals surface area contributed by atoms with E-state index in [2.05, 4.69) is 18.6 Å². The van der Waals surface area contributed by atoms with Gasteiger partial charge in [-0.25, -0.2) is 13.1 Å². The Kier molecular flexibility index (Phi) is 6.84. The number of ether oxygens (including phenoxy) is 1. The molecule has 25 heavy (non-hydrogen) atoms. The molecule has 140 valence electrons. The number of nitrogens with zero attached hydrogens (tertiary/aromatic N) is 1. The molecule has 0 radical (unpaired) electrons. The Balaban J connectivity index is 1.86. The van der Waals surface area contributed by atoms with Gasteiger partial charge in [-0.15, -0.1) is 0 Å². The summed E-state index contributed by atoms with van der Waals surface area (Å²) in [4.78, 5) is 14.1. The number of benzene rings is 1. The molecule has 1 aliphatic heterocycles. The van der Waals surface area contributed by atoms with Gasteiger partial charge < -0.3 is 9.64 Å². The summed E-state index contributed by atoms with van der Waals surface area (Å²) >= 11 is 0. The van der Waals surface area contributed by atoms with E-state index < -0.39 is 10.0 Å². The van der Waals surface area contributed by atoms with Crippen molar-refractivity contribution in [3.8, 4) is 5.75 Å². The van der Waals surface area contributed by atoms with Crippen LogP contribution in [0.1, 0.15) is 44.6 Å². The highest BCUT2D eigenvalue weighted by molar-refractivity contribution is 7.88. The predicted molar refractivity (Wildman–Crippen MR) is 98.2 cm³/mol. The van der Waals surface area contributed by atoms with Crippen LogP contribution in [0, 0.1) is 0 Å². The fourth-order valence-electron chi connectivity index (χ4n) is 3.02. The lowest BCUT2D eigenvalue weighted by molar-refractivity contribution is -0.134. The molecular weight excluding hydrogens is 340 g/mol. The quantitative estimate of drug-likeness (QED) is 0.800. The van der Waals surface area contributed by atoms with Gasteiger partial charge in [0.05, 0.1) is 6.26 Å². The van der Waals surface area contributed by atoms with E-state index in [1.54, 1.807) is 4.90 Å². The van der Waals surface area contributed by atoms with E-state index in [-0.39, 0.29) is 18.6 Å². The van der Waals surface area contributed by atoms with Gasteiger partial charge in [0.25, 0.3) is 5.91 Å². The zero-order valence-corrected chi connectivity index (χ0v) is 16.0. The van der Waals surface area contributed by atoms with Crippen LogP contribution in [-0.4, -0.2) is 51.2 Å². The number of carbonyl (C=O) groups is 1. The Bertz CT molecular complexity index is 682. The molecule has 7 heteroatoms. The van der Waals surface area contributed by atoms with Crippen LogP contribution in [0.5, 0.6) is 5.75 Å². The summed E-state index contributed by atoms with van der Waals surface area (Å²) in [6.07, 6.45) is 3.42. The van der Waals surface area contributed by atoms with Crippen molar-refractivity contribution >= 4 is 15.9 Å². The maximum absolute atomic E-state index is 12.4. The Morgan fingerprint density at radius 1 is 1.32 bits per heavy atom. The highest BCUT2D eigenvalue weighted by Crippen LogP contribution is 2.28. The summed E-state index contributed by atoms with van der Waals surface area (Å²) in [5, 5.41) is 0. The second-order valence-electron chi connectivity index (χ2n) is 6.68. The summed E-state index contributed by atoms with van der Waals surface area (Å²) in [5.74, 6) is 1.08. The zero-order chi connectivity index (χ0) is 18.4. The number of piperidine rings is 1. The Morgan fingerprint density at radius 2 is 1.96 bits per heavy atom. The third-order valence-electron chi connectivity index (χ3n) is 4.64. The molecule has 1 amide bonds. The van der Waals surface area contributed by atoms with Gasteiger partial charge in [-0.1, -0.05) is 32.0 Å². The van der Waals surface area contributed by atoms with Gasteiger partial charge in [-0.2, -0.15) is 0 Å². The van der Waals surface area contributed by atoms with Crippen LogP contribution in [0.4, 0.5) is 0 Å². The van der Waals surface area contributed by atoms with Crippen molar-refractivity contribution in [1.29, 1.82) is 0 Å². The van der Waals surface area contributed by atoms with Gasteiger partial charge in [-0.3, -0.25) is 4.79 Å². The normalized spacial score (nSPS) is 17.3. The minimum Gasteiger partial charge on any atom is -0.483 e. The second-order valence-corrected chi connectivity index (χ2v) is 8.46. The molecule has 0 aliphatic carbocycles. The van der Waals surface area contributed by atoms with Crippen LogP contribution in [0.2, 0.25) is 0 Å². The molecular formula is C18H28N2O4S. The van der Waals surface area contributed by atoms with Gasteiger partial charge in [0, 0.05) is 19.1 Å². The van der Waals surface area contributed by atoms with Crippen molar-refractivity contribution in [3.63, 3.8) is 0 Å². The van der Waals surface area contributed by atoms with E-state index in [4.69, 9.17) is 4.74 Å². The SMILES string of the molecule is CC[C@H](C)c1ccccc1OCC(=O)N1CCC(NS(C)(=O)=O)CC1. The van der Waals surface area contributed by atoms with E-state index >= 15 is 0 Å². The number of nitrogens with one attached hydrogen (secondary N) is 1. The van der Waals surface area contributed by atoms with Crippen LogP contribution in [0.3, 0.4) is 0 Å². The summed E-state index contributed by atoms with van der Waals surface area (Å²) < 4.78 is 30.9. The van der Waals surface area contributed by atoms with Gasteiger partial charge in [0.15, 0.2) is 6.61 Å². The molecule has 2 rings (SSSR count). The first-order valence-electron chi connectivity index (χ1n) is 8.77. The predicted octanol–water partition coefficient (Wildman–Crippen LogP) is 2.12. The average Bonchev–Trinajstić information content (AvgIpc) is 2.58. The molecule has 0 bridgehead atoms. The van der Waals surface area contributed by atoms with E-state index in [9.17, 15) is 13.2 Å². The van der Waals surface area contributed by atoms with E-state index in [0.29, 0.717) is 31.8 Å².